The molecular formula is C24H27N3O. The van der Waals surface area contributed by atoms with Gasteiger partial charge in [-0.2, -0.15) is 5.10 Å². The van der Waals surface area contributed by atoms with E-state index in [2.05, 4.69) is 54.2 Å². The number of carbonyl (C=O) groups is 1. The molecule has 1 N–H and O–H groups in total. The lowest BCUT2D eigenvalue weighted by molar-refractivity contribution is 0.101. The lowest BCUT2D eigenvalue weighted by Crippen LogP contribution is -2.33. The van der Waals surface area contributed by atoms with Crippen LogP contribution in [-0.4, -0.2) is 15.6 Å². The molecule has 4 rings (SSSR count). The van der Waals surface area contributed by atoms with Crippen LogP contribution in [0.25, 0.3) is 5.69 Å². The molecule has 0 aliphatic heterocycles. The van der Waals surface area contributed by atoms with E-state index in [-0.39, 0.29) is 17.2 Å². The maximum absolute atomic E-state index is 11.7. The van der Waals surface area contributed by atoms with E-state index in [1.54, 1.807) is 6.92 Å². The quantitative estimate of drug-likeness (QED) is 0.649. The Labute approximate surface area is 166 Å². The summed E-state index contributed by atoms with van der Waals surface area (Å²) in [4.78, 5) is 11.7. The number of para-hydroxylation sites is 1. The molecule has 2 aromatic carbocycles. The topological polar surface area (TPSA) is 46.9 Å². The molecule has 0 saturated carbocycles. The van der Waals surface area contributed by atoms with Crippen molar-refractivity contribution in [3.8, 4) is 5.69 Å². The SMILES string of the molecule is CC(=O)c1cccc(CN[C@H]2CC(C)(C)Cc3c2cnn3-c2ccccc2)c1. The van der Waals surface area contributed by atoms with Gasteiger partial charge in [0.15, 0.2) is 5.78 Å². The summed E-state index contributed by atoms with van der Waals surface area (Å²) in [6.07, 6.45) is 4.09. The number of fused-ring (bicyclic) bond motifs is 1. The lowest BCUT2D eigenvalue weighted by Gasteiger charge is -2.36. The monoisotopic (exact) mass is 373 g/mol. The Hall–Kier alpha value is -2.72. The van der Waals surface area contributed by atoms with Crippen LogP contribution in [0.3, 0.4) is 0 Å². The van der Waals surface area contributed by atoms with Crippen LogP contribution in [0.4, 0.5) is 0 Å². The van der Waals surface area contributed by atoms with Gasteiger partial charge < -0.3 is 5.32 Å². The van der Waals surface area contributed by atoms with E-state index >= 15 is 0 Å². The first-order valence-electron chi connectivity index (χ1n) is 9.88. The summed E-state index contributed by atoms with van der Waals surface area (Å²) in [7, 11) is 0. The van der Waals surface area contributed by atoms with Crippen molar-refractivity contribution in [3.63, 3.8) is 0 Å². The van der Waals surface area contributed by atoms with Crippen molar-refractivity contribution in [2.45, 2.75) is 46.2 Å². The van der Waals surface area contributed by atoms with Crippen LogP contribution in [-0.2, 0) is 13.0 Å². The summed E-state index contributed by atoms with van der Waals surface area (Å²) in [5.41, 5.74) is 5.77. The Balaban J connectivity index is 1.60. The number of Topliss-reactive ketones (excluding diaryl/α,β-unsaturated/α-hetero) is 1. The highest BCUT2D eigenvalue weighted by Crippen LogP contribution is 2.41. The Morgan fingerprint density at radius 2 is 1.96 bits per heavy atom. The molecule has 3 aromatic rings. The van der Waals surface area contributed by atoms with E-state index in [1.807, 2.05) is 30.5 Å². The summed E-state index contributed by atoms with van der Waals surface area (Å²) in [6, 6.07) is 18.5. The van der Waals surface area contributed by atoms with Crippen molar-refractivity contribution in [1.29, 1.82) is 0 Å². The van der Waals surface area contributed by atoms with Crippen LogP contribution in [0.5, 0.6) is 0 Å². The molecule has 28 heavy (non-hydrogen) atoms. The van der Waals surface area contributed by atoms with E-state index in [4.69, 9.17) is 5.10 Å². The number of carbonyl (C=O) groups excluding carboxylic acids is 1. The highest BCUT2D eigenvalue weighted by atomic mass is 16.1. The van der Waals surface area contributed by atoms with Crippen molar-refractivity contribution in [1.82, 2.24) is 15.1 Å². The van der Waals surface area contributed by atoms with Crippen LogP contribution in [0.15, 0.2) is 60.8 Å². The second-order valence-corrected chi connectivity index (χ2v) is 8.53. The summed E-state index contributed by atoms with van der Waals surface area (Å²) in [6.45, 7) is 6.99. The first-order chi connectivity index (χ1) is 13.4. The maximum Gasteiger partial charge on any atom is 0.159 e. The van der Waals surface area contributed by atoms with Gasteiger partial charge in [0.25, 0.3) is 0 Å². The number of nitrogens with zero attached hydrogens (tertiary/aromatic N) is 2. The third-order valence-electron chi connectivity index (χ3n) is 5.57. The van der Waals surface area contributed by atoms with Gasteiger partial charge in [0.1, 0.15) is 0 Å². The fourth-order valence-corrected chi connectivity index (χ4v) is 4.16. The highest BCUT2D eigenvalue weighted by Gasteiger charge is 2.35. The summed E-state index contributed by atoms with van der Waals surface area (Å²) >= 11 is 0. The van der Waals surface area contributed by atoms with Gasteiger partial charge in [-0.25, -0.2) is 4.68 Å². The molecule has 1 aliphatic carbocycles. The number of aromatic nitrogens is 2. The third kappa shape index (κ3) is 3.78. The van der Waals surface area contributed by atoms with Gasteiger partial charge in [-0.05, 0) is 48.9 Å². The van der Waals surface area contributed by atoms with Crippen molar-refractivity contribution < 1.29 is 4.79 Å². The molecule has 4 nitrogen and oxygen atoms in total. The maximum atomic E-state index is 11.7. The smallest absolute Gasteiger partial charge is 0.159 e. The van der Waals surface area contributed by atoms with Crippen LogP contribution >= 0.6 is 0 Å². The molecule has 4 heteroatoms. The molecule has 1 aromatic heterocycles. The number of hydrogen-bond donors (Lipinski definition) is 1. The third-order valence-corrected chi connectivity index (χ3v) is 5.57. The predicted molar refractivity (Wildman–Crippen MR) is 112 cm³/mol. The van der Waals surface area contributed by atoms with Crippen molar-refractivity contribution in [2.24, 2.45) is 5.41 Å². The van der Waals surface area contributed by atoms with Gasteiger partial charge in [-0.1, -0.05) is 50.2 Å². The summed E-state index contributed by atoms with van der Waals surface area (Å²) < 4.78 is 2.08. The molecule has 144 valence electrons. The second-order valence-electron chi connectivity index (χ2n) is 8.53. The van der Waals surface area contributed by atoms with Gasteiger partial charge in [0.2, 0.25) is 0 Å². The van der Waals surface area contributed by atoms with Crippen molar-refractivity contribution in [2.75, 3.05) is 0 Å². The average molecular weight is 374 g/mol. The first-order valence-corrected chi connectivity index (χ1v) is 9.88. The zero-order chi connectivity index (χ0) is 19.7. The number of nitrogens with one attached hydrogen (secondary N) is 1. The highest BCUT2D eigenvalue weighted by molar-refractivity contribution is 5.94. The first kappa shape index (κ1) is 18.6. The molecule has 0 radical (unpaired) electrons. The molecule has 1 aliphatic rings. The minimum absolute atomic E-state index is 0.104. The molecule has 1 heterocycles. The van der Waals surface area contributed by atoms with E-state index in [9.17, 15) is 4.79 Å². The molecule has 0 spiro atoms. The fourth-order valence-electron chi connectivity index (χ4n) is 4.16. The van der Waals surface area contributed by atoms with Crippen molar-refractivity contribution in [3.05, 3.63) is 83.2 Å². The lowest BCUT2D eigenvalue weighted by atomic mass is 9.74. The molecule has 0 amide bonds. The van der Waals surface area contributed by atoms with Crippen LogP contribution in [0.1, 0.15) is 60.4 Å². The molecule has 0 unspecified atom stereocenters. The molecular weight excluding hydrogens is 346 g/mol. The van der Waals surface area contributed by atoms with E-state index in [1.165, 1.54) is 11.3 Å². The number of rotatable bonds is 5. The minimum Gasteiger partial charge on any atom is -0.306 e. The average Bonchev–Trinajstić information content (AvgIpc) is 3.09. The predicted octanol–water partition coefficient (Wildman–Crippen LogP) is 4.88. The Bertz CT molecular complexity index is 988. The number of ketones is 1. The van der Waals surface area contributed by atoms with E-state index in [0.29, 0.717) is 0 Å². The van der Waals surface area contributed by atoms with Crippen LogP contribution < -0.4 is 5.32 Å². The van der Waals surface area contributed by atoms with Gasteiger partial charge >= 0.3 is 0 Å². The Kier molecular flexibility index (Phi) is 4.90. The number of benzene rings is 2. The zero-order valence-electron chi connectivity index (χ0n) is 16.8. The Morgan fingerprint density at radius 3 is 2.71 bits per heavy atom. The van der Waals surface area contributed by atoms with Gasteiger partial charge in [-0.3, -0.25) is 4.79 Å². The van der Waals surface area contributed by atoms with Crippen molar-refractivity contribution >= 4 is 5.78 Å². The molecule has 0 saturated heterocycles. The van der Waals surface area contributed by atoms with Crippen LogP contribution in [0, 0.1) is 5.41 Å². The molecule has 0 fully saturated rings. The van der Waals surface area contributed by atoms with Crippen LogP contribution in [0.2, 0.25) is 0 Å². The van der Waals surface area contributed by atoms with Gasteiger partial charge in [0.05, 0.1) is 11.9 Å². The minimum atomic E-state index is 0.104. The number of hydrogen-bond acceptors (Lipinski definition) is 3. The van der Waals surface area contributed by atoms with Gasteiger partial charge in [-0.15, -0.1) is 0 Å². The normalized spacial score (nSPS) is 17.9. The largest absolute Gasteiger partial charge is 0.306 e. The van der Waals surface area contributed by atoms with E-state index < -0.39 is 0 Å². The standard InChI is InChI=1S/C24H27N3O/c1-17(28)19-9-7-8-18(12-19)15-25-22-13-24(2,3)14-23-21(22)16-26-27(23)20-10-5-4-6-11-20/h4-12,16,22,25H,13-15H2,1-3H3/t22-/m0/s1. The Morgan fingerprint density at radius 1 is 1.18 bits per heavy atom. The summed E-state index contributed by atoms with van der Waals surface area (Å²) in [5, 5.41) is 8.42. The van der Waals surface area contributed by atoms with Gasteiger partial charge in [0, 0.05) is 29.4 Å². The second kappa shape index (κ2) is 7.36. The summed E-state index contributed by atoms with van der Waals surface area (Å²) in [5.74, 6) is 0.104. The molecule has 0 bridgehead atoms. The fraction of sp³-hybridized carbons (Fsp3) is 0.333. The van der Waals surface area contributed by atoms with E-state index in [0.717, 1.165) is 36.2 Å². The molecule has 1 atom stereocenters. The zero-order valence-corrected chi connectivity index (χ0v) is 16.8.